The van der Waals surface area contributed by atoms with Crippen molar-refractivity contribution in [3.63, 3.8) is 0 Å². The Morgan fingerprint density at radius 2 is 2.29 bits per heavy atom. The zero-order valence-corrected chi connectivity index (χ0v) is 9.58. The Morgan fingerprint density at radius 3 is 2.94 bits per heavy atom. The molecule has 0 aliphatic rings. The van der Waals surface area contributed by atoms with Gasteiger partial charge in [-0.3, -0.25) is 10.1 Å². The molecular weight excluding hydrogens is 247 g/mol. The van der Waals surface area contributed by atoms with Gasteiger partial charge in [-0.15, -0.1) is 0 Å². The van der Waals surface area contributed by atoms with E-state index in [-0.39, 0.29) is 10.7 Å². The molecule has 1 aromatic heterocycles. The van der Waals surface area contributed by atoms with Crippen LogP contribution in [0.5, 0.6) is 0 Å². The Kier molecular flexibility index (Phi) is 2.85. The number of aromatic nitrogens is 1. The lowest BCUT2D eigenvalue weighted by molar-refractivity contribution is -0.422. The van der Waals surface area contributed by atoms with Crippen LogP contribution < -0.4 is 0 Å². The average molecular weight is 255 g/mol. The van der Waals surface area contributed by atoms with Crippen LogP contribution in [0.3, 0.4) is 0 Å². The quantitative estimate of drug-likeness (QED) is 0.657. The number of nitro groups is 1. The number of allylic oxidation sites excluding steroid dienone is 1. The van der Waals surface area contributed by atoms with E-state index in [1.807, 2.05) is 0 Å². The number of benzene rings is 1. The largest absolute Gasteiger partial charge is 0.361 e. The third kappa shape index (κ3) is 2.14. The minimum Gasteiger partial charge on any atom is -0.361 e. The van der Waals surface area contributed by atoms with Crippen LogP contribution >= 0.6 is 11.6 Å². The van der Waals surface area contributed by atoms with Crippen molar-refractivity contribution in [1.82, 2.24) is 4.98 Å². The van der Waals surface area contributed by atoms with Crippen LogP contribution in [0.15, 0.2) is 24.0 Å². The monoisotopic (exact) mass is 254 g/mol. The first-order valence-corrected chi connectivity index (χ1v) is 5.15. The second-order valence-corrected chi connectivity index (χ2v) is 4.01. The van der Waals surface area contributed by atoms with E-state index >= 15 is 0 Å². The first-order valence-electron chi connectivity index (χ1n) is 4.78. The number of fused-ring (bicyclic) bond motifs is 1. The SMILES string of the molecule is C/C(=C/c1c[nH]c2cc(Cl)c(F)cc12)[N+](=O)[O-]. The number of aromatic amines is 1. The standard InChI is InChI=1S/C11H8ClFN2O2/c1-6(15(16)17)2-7-5-14-11-4-9(12)10(13)3-8(7)11/h2-5,14H,1H3/b6-2-. The summed E-state index contributed by atoms with van der Waals surface area (Å²) in [6.07, 6.45) is 2.96. The van der Waals surface area contributed by atoms with E-state index in [9.17, 15) is 14.5 Å². The van der Waals surface area contributed by atoms with Gasteiger partial charge in [-0.25, -0.2) is 4.39 Å². The van der Waals surface area contributed by atoms with Gasteiger partial charge in [0.25, 0.3) is 0 Å². The maximum Gasteiger partial charge on any atom is 0.243 e. The smallest absolute Gasteiger partial charge is 0.243 e. The first-order chi connectivity index (χ1) is 7.99. The average Bonchev–Trinajstić information content (AvgIpc) is 2.62. The van der Waals surface area contributed by atoms with E-state index in [2.05, 4.69) is 4.98 Å². The number of hydrogen-bond acceptors (Lipinski definition) is 2. The van der Waals surface area contributed by atoms with Crippen LogP contribution in [0.1, 0.15) is 12.5 Å². The van der Waals surface area contributed by atoms with E-state index in [4.69, 9.17) is 11.6 Å². The van der Waals surface area contributed by atoms with Crippen molar-refractivity contribution in [3.8, 4) is 0 Å². The number of nitrogens with one attached hydrogen (secondary N) is 1. The molecule has 1 heterocycles. The molecule has 0 aliphatic carbocycles. The number of H-pyrrole nitrogens is 1. The van der Waals surface area contributed by atoms with Gasteiger partial charge >= 0.3 is 0 Å². The molecule has 88 valence electrons. The van der Waals surface area contributed by atoms with Crippen molar-refractivity contribution in [2.24, 2.45) is 0 Å². The zero-order chi connectivity index (χ0) is 12.6. The molecule has 17 heavy (non-hydrogen) atoms. The van der Waals surface area contributed by atoms with Crippen LogP contribution in [0.2, 0.25) is 5.02 Å². The van der Waals surface area contributed by atoms with Crippen molar-refractivity contribution in [2.75, 3.05) is 0 Å². The molecule has 0 bridgehead atoms. The summed E-state index contributed by atoms with van der Waals surface area (Å²) in [4.78, 5) is 12.9. The molecule has 0 saturated carbocycles. The minimum atomic E-state index is -0.549. The predicted molar refractivity (Wildman–Crippen MR) is 63.9 cm³/mol. The van der Waals surface area contributed by atoms with Crippen molar-refractivity contribution in [1.29, 1.82) is 0 Å². The molecule has 0 unspecified atom stereocenters. The number of hydrogen-bond donors (Lipinski definition) is 1. The van der Waals surface area contributed by atoms with Crippen LogP contribution in [-0.4, -0.2) is 9.91 Å². The summed E-state index contributed by atoms with van der Waals surface area (Å²) in [7, 11) is 0. The van der Waals surface area contributed by atoms with Gasteiger partial charge in [0.05, 0.1) is 9.95 Å². The second kappa shape index (κ2) is 4.18. The van der Waals surface area contributed by atoms with E-state index in [1.54, 1.807) is 6.20 Å². The second-order valence-electron chi connectivity index (χ2n) is 3.60. The zero-order valence-electron chi connectivity index (χ0n) is 8.83. The number of halogens is 2. The predicted octanol–water partition coefficient (Wildman–Crippen LogP) is 3.60. The Labute approximate surface area is 101 Å². The molecule has 6 heteroatoms. The third-order valence-electron chi connectivity index (χ3n) is 2.41. The molecule has 0 saturated heterocycles. The Bertz CT molecular complexity index is 634. The Morgan fingerprint density at radius 1 is 1.59 bits per heavy atom. The van der Waals surface area contributed by atoms with E-state index in [0.717, 1.165) is 0 Å². The fourth-order valence-corrected chi connectivity index (χ4v) is 1.70. The van der Waals surface area contributed by atoms with Crippen LogP contribution in [0.4, 0.5) is 4.39 Å². The van der Waals surface area contributed by atoms with Gasteiger partial charge in [0.15, 0.2) is 0 Å². The van der Waals surface area contributed by atoms with Crippen molar-refractivity contribution in [2.45, 2.75) is 6.92 Å². The molecule has 1 N–H and O–H groups in total. The van der Waals surface area contributed by atoms with Crippen molar-refractivity contribution < 1.29 is 9.31 Å². The highest BCUT2D eigenvalue weighted by molar-refractivity contribution is 6.31. The summed E-state index contributed by atoms with van der Waals surface area (Å²) in [5, 5.41) is 11.1. The topological polar surface area (TPSA) is 58.9 Å². The summed E-state index contributed by atoms with van der Waals surface area (Å²) >= 11 is 5.63. The van der Waals surface area contributed by atoms with E-state index in [0.29, 0.717) is 16.5 Å². The molecule has 0 aliphatic heterocycles. The summed E-state index contributed by atoms with van der Waals surface area (Å²) < 4.78 is 13.3. The molecule has 2 rings (SSSR count). The molecule has 0 radical (unpaired) electrons. The molecule has 0 atom stereocenters. The summed E-state index contributed by atoms with van der Waals surface area (Å²) in [6, 6.07) is 2.71. The number of nitrogens with zero attached hydrogens (tertiary/aromatic N) is 1. The van der Waals surface area contributed by atoms with Crippen LogP contribution in [0.25, 0.3) is 17.0 Å². The third-order valence-corrected chi connectivity index (χ3v) is 2.70. The highest BCUT2D eigenvalue weighted by Gasteiger charge is 2.09. The molecule has 0 fully saturated rings. The molecule has 4 nitrogen and oxygen atoms in total. The van der Waals surface area contributed by atoms with E-state index < -0.39 is 10.7 Å². The van der Waals surface area contributed by atoms with Gasteiger partial charge in [-0.1, -0.05) is 11.6 Å². The maximum atomic E-state index is 13.3. The van der Waals surface area contributed by atoms with Gasteiger partial charge < -0.3 is 4.98 Å². The summed E-state index contributed by atoms with van der Waals surface area (Å²) in [6.45, 7) is 1.38. The van der Waals surface area contributed by atoms with E-state index in [1.165, 1.54) is 25.1 Å². The summed E-state index contributed by atoms with van der Waals surface area (Å²) in [5.41, 5.74) is 1.19. The number of rotatable bonds is 2. The lowest BCUT2D eigenvalue weighted by Crippen LogP contribution is -1.92. The molecule has 0 spiro atoms. The molecule has 1 aromatic carbocycles. The van der Waals surface area contributed by atoms with Crippen molar-refractivity contribution in [3.05, 3.63) is 50.5 Å². The fraction of sp³-hybridized carbons (Fsp3) is 0.0909. The minimum absolute atomic E-state index is 0.0127. The summed E-state index contributed by atoms with van der Waals surface area (Å²) in [5.74, 6) is -0.549. The van der Waals surface area contributed by atoms with Crippen LogP contribution in [0, 0.1) is 15.9 Å². The normalized spacial score (nSPS) is 12.1. The van der Waals surface area contributed by atoms with Crippen LogP contribution in [-0.2, 0) is 0 Å². The van der Waals surface area contributed by atoms with Gasteiger partial charge in [0.2, 0.25) is 5.70 Å². The van der Waals surface area contributed by atoms with Gasteiger partial charge in [0.1, 0.15) is 5.82 Å². The van der Waals surface area contributed by atoms with Gasteiger partial charge in [-0.2, -0.15) is 0 Å². The van der Waals surface area contributed by atoms with Crippen molar-refractivity contribution >= 4 is 28.6 Å². The molecule has 2 aromatic rings. The lowest BCUT2D eigenvalue weighted by Gasteiger charge is -1.96. The van der Waals surface area contributed by atoms with Gasteiger partial charge in [0, 0.05) is 35.7 Å². The Balaban J connectivity index is 2.61. The molecular formula is C11H8ClFN2O2. The Hall–Kier alpha value is -1.88. The highest BCUT2D eigenvalue weighted by atomic mass is 35.5. The highest BCUT2D eigenvalue weighted by Crippen LogP contribution is 2.26. The van der Waals surface area contributed by atoms with Gasteiger partial charge in [-0.05, 0) is 12.1 Å². The fourth-order valence-electron chi connectivity index (χ4n) is 1.54. The maximum absolute atomic E-state index is 13.3. The first kappa shape index (κ1) is 11.6. The lowest BCUT2D eigenvalue weighted by atomic mass is 10.1. The molecule has 0 amide bonds.